The first-order valence-electron chi connectivity index (χ1n) is 6.49. The molecule has 2 N–H and O–H groups in total. The summed E-state index contributed by atoms with van der Waals surface area (Å²) in [5, 5.41) is 9.65. The van der Waals surface area contributed by atoms with E-state index in [4.69, 9.17) is 5.11 Å². The number of hydrogen-bond acceptors (Lipinski definition) is 5. The number of hydrogen-bond donors (Lipinski definition) is 2. The van der Waals surface area contributed by atoms with E-state index in [1.54, 1.807) is 0 Å². The van der Waals surface area contributed by atoms with Gasteiger partial charge in [0.1, 0.15) is 4.90 Å². The topological polar surface area (TPSA) is 66.4 Å². The van der Waals surface area contributed by atoms with E-state index in [0.717, 1.165) is 25.0 Å². The summed E-state index contributed by atoms with van der Waals surface area (Å²) < 4.78 is 28.1. The van der Waals surface area contributed by atoms with Gasteiger partial charge in [-0.3, -0.25) is 0 Å². The molecule has 1 aromatic heterocycles. The maximum atomic E-state index is 12.4. The van der Waals surface area contributed by atoms with Crippen LogP contribution in [0, 0.1) is 0 Å². The van der Waals surface area contributed by atoms with E-state index >= 15 is 0 Å². The maximum absolute atomic E-state index is 12.4. The maximum Gasteiger partial charge on any atom is 0.242 e. The van der Waals surface area contributed by atoms with Crippen LogP contribution in [0.25, 0.3) is 0 Å². The number of aliphatic hydroxyl groups excluding tert-OH is 1. The van der Waals surface area contributed by atoms with Gasteiger partial charge >= 0.3 is 0 Å². The third kappa shape index (κ3) is 3.98. The third-order valence-corrected chi connectivity index (χ3v) is 8.25. The summed E-state index contributed by atoms with van der Waals surface area (Å²) in [5.41, 5.74) is 0. The Morgan fingerprint density at radius 3 is 2.90 bits per heavy atom. The normalized spacial score (nSPS) is 23.4. The van der Waals surface area contributed by atoms with Gasteiger partial charge in [0.2, 0.25) is 10.0 Å². The summed E-state index contributed by atoms with van der Waals surface area (Å²) in [6.45, 7) is 1.98. The molecule has 0 spiro atoms. The summed E-state index contributed by atoms with van der Waals surface area (Å²) >= 11 is 6.42. The van der Waals surface area contributed by atoms with Crippen LogP contribution in [-0.4, -0.2) is 30.6 Å². The molecule has 114 valence electrons. The first-order valence-corrected chi connectivity index (χ1v) is 10.6. The van der Waals surface area contributed by atoms with Crippen LogP contribution in [0.3, 0.4) is 0 Å². The van der Waals surface area contributed by atoms with Crippen LogP contribution in [0.1, 0.15) is 31.1 Å². The summed E-state index contributed by atoms with van der Waals surface area (Å²) in [5.74, 6) is 1.07. The Labute approximate surface area is 136 Å². The molecule has 20 heavy (non-hydrogen) atoms. The zero-order chi connectivity index (χ0) is 14.8. The minimum absolute atomic E-state index is 0.0217. The third-order valence-electron chi connectivity index (χ3n) is 3.26. The average molecular weight is 400 g/mol. The molecule has 1 fully saturated rings. The van der Waals surface area contributed by atoms with Crippen LogP contribution in [0.2, 0.25) is 0 Å². The molecular weight excluding hydrogens is 382 g/mol. The molecule has 0 radical (unpaired) electrons. The highest BCUT2D eigenvalue weighted by molar-refractivity contribution is 9.11. The monoisotopic (exact) mass is 399 g/mol. The van der Waals surface area contributed by atoms with Gasteiger partial charge in [-0.05, 0) is 47.0 Å². The van der Waals surface area contributed by atoms with Gasteiger partial charge in [0.25, 0.3) is 0 Å². The Kier molecular flexibility index (Phi) is 5.96. The molecular formula is C12H18BrNO3S3. The van der Waals surface area contributed by atoms with Crippen molar-refractivity contribution in [3.63, 3.8) is 0 Å². The summed E-state index contributed by atoms with van der Waals surface area (Å²) in [7, 11) is -3.51. The fraction of sp³-hybridized carbons (Fsp3) is 0.667. The molecule has 1 saturated carbocycles. The number of aliphatic hydroxyl groups is 1. The molecule has 0 aliphatic heterocycles. The quantitative estimate of drug-likeness (QED) is 0.771. The van der Waals surface area contributed by atoms with Gasteiger partial charge < -0.3 is 5.11 Å². The van der Waals surface area contributed by atoms with Crippen molar-refractivity contribution in [1.82, 2.24) is 4.72 Å². The minimum Gasteiger partial charge on any atom is -0.391 e. The lowest BCUT2D eigenvalue weighted by Crippen LogP contribution is -2.33. The largest absolute Gasteiger partial charge is 0.391 e. The van der Waals surface area contributed by atoms with Crippen molar-refractivity contribution in [2.45, 2.75) is 49.0 Å². The van der Waals surface area contributed by atoms with Crippen molar-refractivity contribution in [3.05, 3.63) is 14.7 Å². The average Bonchev–Trinajstić information content (AvgIpc) is 2.96. The number of nitrogens with one attached hydrogen (secondary N) is 1. The Balaban J connectivity index is 2.06. The van der Waals surface area contributed by atoms with E-state index in [1.807, 2.05) is 11.8 Å². The molecule has 0 amide bonds. The predicted octanol–water partition coefficient (Wildman–Crippen LogP) is 2.96. The van der Waals surface area contributed by atoms with Crippen molar-refractivity contribution < 1.29 is 13.5 Å². The lowest BCUT2D eigenvalue weighted by molar-refractivity contribution is 0.285. The zero-order valence-corrected chi connectivity index (χ0v) is 15.2. The SMILES string of the molecule is CCSC1CCC(NS(=O)(=O)c2cc(CO)sc2Br)C1. The van der Waals surface area contributed by atoms with E-state index in [1.165, 1.54) is 17.4 Å². The predicted molar refractivity (Wildman–Crippen MR) is 87.8 cm³/mol. The van der Waals surface area contributed by atoms with Gasteiger partial charge in [-0.25, -0.2) is 13.1 Å². The molecule has 0 saturated heterocycles. The van der Waals surface area contributed by atoms with Gasteiger partial charge in [-0.2, -0.15) is 11.8 Å². The Bertz CT molecular complexity index is 558. The van der Waals surface area contributed by atoms with Crippen LogP contribution < -0.4 is 4.72 Å². The molecule has 2 unspecified atom stereocenters. The molecule has 2 rings (SSSR count). The van der Waals surface area contributed by atoms with E-state index in [2.05, 4.69) is 27.6 Å². The van der Waals surface area contributed by atoms with Crippen LogP contribution >= 0.6 is 39.0 Å². The number of thioether (sulfide) groups is 1. The van der Waals surface area contributed by atoms with E-state index in [-0.39, 0.29) is 17.5 Å². The van der Waals surface area contributed by atoms with Crippen LogP contribution in [-0.2, 0) is 16.6 Å². The van der Waals surface area contributed by atoms with Gasteiger partial charge in [0.05, 0.1) is 10.4 Å². The first kappa shape index (κ1) is 16.8. The van der Waals surface area contributed by atoms with Crippen molar-refractivity contribution in [1.29, 1.82) is 0 Å². The lowest BCUT2D eigenvalue weighted by Gasteiger charge is -2.13. The zero-order valence-electron chi connectivity index (χ0n) is 11.1. The molecule has 8 heteroatoms. The summed E-state index contributed by atoms with van der Waals surface area (Å²) in [6.07, 6.45) is 2.86. The highest BCUT2D eigenvalue weighted by Gasteiger charge is 2.30. The Morgan fingerprint density at radius 2 is 2.30 bits per heavy atom. The van der Waals surface area contributed by atoms with Gasteiger partial charge in [0, 0.05) is 16.2 Å². The molecule has 1 aromatic rings. The Morgan fingerprint density at radius 1 is 1.55 bits per heavy atom. The smallest absolute Gasteiger partial charge is 0.242 e. The first-order chi connectivity index (χ1) is 9.46. The molecule has 1 aliphatic rings. The number of thiophene rings is 1. The van der Waals surface area contributed by atoms with E-state index in [9.17, 15) is 8.42 Å². The second kappa shape index (κ2) is 7.11. The van der Waals surface area contributed by atoms with Crippen LogP contribution in [0.15, 0.2) is 14.7 Å². The molecule has 0 bridgehead atoms. The van der Waals surface area contributed by atoms with E-state index in [0.29, 0.717) is 13.9 Å². The Hall–Kier alpha value is 0.400. The van der Waals surface area contributed by atoms with Gasteiger partial charge in [-0.15, -0.1) is 11.3 Å². The van der Waals surface area contributed by atoms with Crippen molar-refractivity contribution >= 4 is 49.1 Å². The second-order valence-corrected chi connectivity index (χ2v) is 10.4. The fourth-order valence-electron chi connectivity index (χ4n) is 2.38. The van der Waals surface area contributed by atoms with E-state index < -0.39 is 10.0 Å². The summed E-state index contributed by atoms with van der Waals surface area (Å²) in [6, 6.07) is 1.55. The van der Waals surface area contributed by atoms with Gasteiger partial charge in [0.15, 0.2) is 0 Å². The number of halogens is 1. The minimum atomic E-state index is -3.51. The highest BCUT2D eigenvalue weighted by Crippen LogP contribution is 2.34. The van der Waals surface area contributed by atoms with Crippen LogP contribution in [0.4, 0.5) is 0 Å². The summed E-state index contributed by atoms with van der Waals surface area (Å²) in [4.78, 5) is 0.876. The number of rotatable bonds is 6. The highest BCUT2D eigenvalue weighted by atomic mass is 79.9. The molecule has 1 heterocycles. The number of sulfonamides is 1. The molecule has 1 aliphatic carbocycles. The second-order valence-electron chi connectivity index (χ2n) is 4.72. The standard InChI is InChI=1S/C12H18BrNO3S3/c1-2-18-9-4-3-8(5-9)14-20(16,17)11-6-10(7-15)19-12(11)13/h6,8-9,14-15H,2-5,7H2,1H3. The van der Waals surface area contributed by atoms with Crippen molar-refractivity contribution in [2.75, 3.05) is 5.75 Å². The fourth-order valence-corrected chi connectivity index (χ4v) is 7.34. The molecule has 2 atom stereocenters. The van der Waals surface area contributed by atoms with Gasteiger partial charge in [-0.1, -0.05) is 6.92 Å². The molecule has 0 aromatic carbocycles. The van der Waals surface area contributed by atoms with Crippen molar-refractivity contribution in [2.24, 2.45) is 0 Å². The van der Waals surface area contributed by atoms with Crippen molar-refractivity contribution in [3.8, 4) is 0 Å². The molecule has 4 nitrogen and oxygen atoms in total. The van der Waals surface area contributed by atoms with Crippen LogP contribution in [0.5, 0.6) is 0 Å². The lowest BCUT2D eigenvalue weighted by atomic mass is 10.3.